The lowest BCUT2D eigenvalue weighted by atomic mass is 10.1. The Morgan fingerprint density at radius 3 is 2.59 bits per heavy atom. The third kappa shape index (κ3) is 4.31. The lowest BCUT2D eigenvalue weighted by Gasteiger charge is -2.14. The predicted octanol–water partition coefficient (Wildman–Crippen LogP) is 1.46. The molecule has 0 aliphatic rings. The molecule has 8 heteroatoms. The maximum Gasteiger partial charge on any atom is 0.315 e. The summed E-state index contributed by atoms with van der Waals surface area (Å²) in [6.07, 6.45) is 1.18. The Morgan fingerprint density at radius 2 is 2.00 bits per heavy atom. The van der Waals surface area contributed by atoms with E-state index in [1.165, 1.54) is 0 Å². The minimum Gasteiger partial charge on any atom is -0.361 e. The summed E-state index contributed by atoms with van der Waals surface area (Å²) in [7, 11) is 0. The van der Waals surface area contributed by atoms with E-state index in [4.69, 9.17) is 9.05 Å². The van der Waals surface area contributed by atoms with Crippen LogP contribution < -0.4 is 10.6 Å². The van der Waals surface area contributed by atoms with Crippen LogP contribution in [-0.2, 0) is 12.8 Å². The molecule has 2 heterocycles. The molecule has 0 fully saturated rings. The number of urea groups is 1. The molecule has 8 nitrogen and oxygen atoms in total. The Kier molecular flexibility index (Phi) is 5.13. The average Bonchev–Trinajstić information content (AvgIpc) is 2.99. The first-order valence-electron chi connectivity index (χ1n) is 7.21. The van der Waals surface area contributed by atoms with Crippen LogP contribution in [0.15, 0.2) is 9.05 Å². The summed E-state index contributed by atoms with van der Waals surface area (Å²) < 4.78 is 10.1. The van der Waals surface area contributed by atoms with E-state index in [9.17, 15) is 4.79 Å². The molecule has 0 saturated heterocycles. The Bertz CT molecular complexity index is 615. The molecule has 0 aliphatic heterocycles. The van der Waals surface area contributed by atoms with Gasteiger partial charge in [0.2, 0.25) is 5.89 Å². The van der Waals surface area contributed by atoms with E-state index in [-0.39, 0.29) is 12.1 Å². The number of hydrogen-bond acceptors (Lipinski definition) is 6. The third-order valence-corrected chi connectivity index (χ3v) is 3.26. The van der Waals surface area contributed by atoms with E-state index in [1.807, 2.05) is 20.8 Å². The van der Waals surface area contributed by atoms with Crippen molar-refractivity contribution in [2.75, 3.05) is 6.54 Å². The quantitative estimate of drug-likeness (QED) is 0.836. The van der Waals surface area contributed by atoms with Gasteiger partial charge in [0.15, 0.2) is 5.82 Å². The molecular weight excluding hydrogens is 286 g/mol. The van der Waals surface area contributed by atoms with Gasteiger partial charge in [0, 0.05) is 24.6 Å². The van der Waals surface area contributed by atoms with Crippen LogP contribution in [0.3, 0.4) is 0 Å². The Morgan fingerprint density at radius 1 is 1.23 bits per heavy atom. The van der Waals surface area contributed by atoms with E-state index in [0.29, 0.717) is 31.1 Å². The first kappa shape index (κ1) is 16.0. The zero-order chi connectivity index (χ0) is 16.1. The van der Waals surface area contributed by atoms with Gasteiger partial charge in [-0.25, -0.2) is 4.79 Å². The SMILES string of the molecule is Cc1noc(CCNC(=O)NC(C)Cc2c(C)noc2C)n1. The summed E-state index contributed by atoms with van der Waals surface area (Å²) in [6.45, 7) is 7.89. The number of carbonyl (C=O) groups is 1. The smallest absolute Gasteiger partial charge is 0.315 e. The third-order valence-electron chi connectivity index (χ3n) is 3.26. The summed E-state index contributed by atoms with van der Waals surface area (Å²) in [4.78, 5) is 15.9. The van der Waals surface area contributed by atoms with Gasteiger partial charge in [-0.2, -0.15) is 4.98 Å². The van der Waals surface area contributed by atoms with Crippen molar-refractivity contribution < 1.29 is 13.8 Å². The van der Waals surface area contributed by atoms with Gasteiger partial charge < -0.3 is 19.7 Å². The largest absolute Gasteiger partial charge is 0.361 e. The topological polar surface area (TPSA) is 106 Å². The van der Waals surface area contributed by atoms with E-state index in [1.54, 1.807) is 6.92 Å². The van der Waals surface area contributed by atoms with Crippen molar-refractivity contribution in [2.45, 2.75) is 46.6 Å². The maximum absolute atomic E-state index is 11.8. The monoisotopic (exact) mass is 307 g/mol. The van der Waals surface area contributed by atoms with Crippen LogP contribution in [0.4, 0.5) is 4.79 Å². The zero-order valence-corrected chi connectivity index (χ0v) is 13.3. The Hall–Kier alpha value is -2.38. The number of hydrogen-bond donors (Lipinski definition) is 2. The highest BCUT2D eigenvalue weighted by molar-refractivity contribution is 5.74. The second-order valence-electron chi connectivity index (χ2n) is 5.29. The molecule has 2 N–H and O–H groups in total. The van der Waals surface area contributed by atoms with Crippen molar-refractivity contribution in [1.29, 1.82) is 0 Å². The van der Waals surface area contributed by atoms with Crippen molar-refractivity contribution in [1.82, 2.24) is 25.9 Å². The van der Waals surface area contributed by atoms with Crippen LogP contribution in [0.2, 0.25) is 0 Å². The lowest BCUT2D eigenvalue weighted by Crippen LogP contribution is -2.42. The number of amides is 2. The van der Waals surface area contributed by atoms with Gasteiger partial charge in [-0.15, -0.1) is 0 Å². The number of carbonyl (C=O) groups excluding carboxylic acids is 1. The molecular formula is C14H21N5O3. The average molecular weight is 307 g/mol. The summed E-state index contributed by atoms with van der Waals surface area (Å²) >= 11 is 0. The normalized spacial score (nSPS) is 12.2. The molecule has 0 aromatic carbocycles. The highest BCUT2D eigenvalue weighted by Crippen LogP contribution is 2.14. The van der Waals surface area contributed by atoms with Gasteiger partial charge in [-0.1, -0.05) is 10.3 Å². The Balaban J connectivity index is 1.72. The molecule has 0 saturated carbocycles. The molecule has 120 valence electrons. The Labute approximate surface area is 128 Å². The molecule has 2 aromatic rings. The van der Waals surface area contributed by atoms with Crippen molar-refractivity contribution in [2.24, 2.45) is 0 Å². The molecule has 1 atom stereocenters. The van der Waals surface area contributed by atoms with Gasteiger partial charge in [0.05, 0.1) is 5.69 Å². The highest BCUT2D eigenvalue weighted by atomic mass is 16.5. The molecule has 0 spiro atoms. The molecule has 1 unspecified atom stereocenters. The van der Waals surface area contributed by atoms with Crippen LogP contribution in [-0.4, -0.2) is 33.9 Å². The van der Waals surface area contributed by atoms with Crippen LogP contribution >= 0.6 is 0 Å². The summed E-state index contributed by atoms with van der Waals surface area (Å²) in [5.41, 5.74) is 1.90. The van der Waals surface area contributed by atoms with Crippen LogP contribution in [0.25, 0.3) is 0 Å². The lowest BCUT2D eigenvalue weighted by molar-refractivity contribution is 0.237. The molecule has 0 radical (unpaired) electrons. The van der Waals surface area contributed by atoms with Gasteiger partial charge >= 0.3 is 6.03 Å². The van der Waals surface area contributed by atoms with E-state index in [0.717, 1.165) is 17.0 Å². The van der Waals surface area contributed by atoms with Crippen LogP contribution in [0.5, 0.6) is 0 Å². The second kappa shape index (κ2) is 7.06. The van der Waals surface area contributed by atoms with Gasteiger partial charge in [-0.05, 0) is 34.1 Å². The van der Waals surface area contributed by atoms with E-state index < -0.39 is 0 Å². The van der Waals surface area contributed by atoms with E-state index >= 15 is 0 Å². The highest BCUT2D eigenvalue weighted by Gasteiger charge is 2.14. The fourth-order valence-corrected chi connectivity index (χ4v) is 2.15. The van der Waals surface area contributed by atoms with Crippen molar-refractivity contribution >= 4 is 6.03 Å². The minimum absolute atomic E-state index is 0.0255. The molecule has 2 aromatic heterocycles. The van der Waals surface area contributed by atoms with Crippen molar-refractivity contribution in [3.8, 4) is 0 Å². The van der Waals surface area contributed by atoms with Crippen molar-refractivity contribution in [3.05, 3.63) is 28.7 Å². The predicted molar refractivity (Wildman–Crippen MR) is 78.4 cm³/mol. The number of aromatic nitrogens is 3. The number of rotatable bonds is 6. The van der Waals surface area contributed by atoms with Gasteiger partial charge in [-0.3, -0.25) is 0 Å². The number of nitrogens with one attached hydrogen (secondary N) is 2. The maximum atomic E-state index is 11.8. The van der Waals surface area contributed by atoms with Gasteiger partial charge in [0.1, 0.15) is 5.76 Å². The molecule has 0 aliphatic carbocycles. The van der Waals surface area contributed by atoms with E-state index in [2.05, 4.69) is 25.9 Å². The molecule has 0 bridgehead atoms. The number of nitrogens with zero attached hydrogens (tertiary/aromatic N) is 3. The standard InChI is InChI=1S/C14H21N5O3/c1-8(7-12-9(2)18-21-10(12)3)16-14(20)15-6-5-13-17-11(4)19-22-13/h8H,5-7H2,1-4H3,(H2,15,16,20). The first-order chi connectivity index (χ1) is 10.5. The van der Waals surface area contributed by atoms with Crippen LogP contribution in [0, 0.1) is 20.8 Å². The second-order valence-corrected chi connectivity index (χ2v) is 5.29. The zero-order valence-electron chi connectivity index (χ0n) is 13.3. The first-order valence-corrected chi connectivity index (χ1v) is 7.21. The van der Waals surface area contributed by atoms with Crippen LogP contribution in [0.1, 0.15) is 35.7 Å². The minimum atomic E-state index is -0.226. The summed E-state index contributed by atoms with van der Waals surface area (Å²) in [5, 5.41) is 13.2. The molecule has 22 heavy (non-hydrogen) atoms. The van der Waals surface area contributed by atoms with Crippen molar-refractivity contribution in [3.63, 3.8) is 0 Å². The summed E-state index contributed by atoms with van der Waals surface area (Å²) in [6, 6.07) is -0.252. The van der Waals surface area contributed by atoms with Gasteiger partial charge in [0.25, 0.3) is 0 Å². The fourth-order valence-electron chi connectivity index (χ4n) is 2.15. The number of aryl methyl sites for hydroxylation is 3. The fraction of sp³-hybridized carbons (Fsp3) is 0.571. The summed E-state index contributed by atoms with van der Waals surface area (Å²) in [5.74, 6) is 1.90. The molecule has 2 rings (SSSR count). The molecule has 2 amide bonds.